The van der Waals surface area contributed by atoms with Gasteiger partial charge in [0.1, 0.15) is 11.6 Å². The van der Waals surface area contributed by atoms with Crippen LogP contribution in [0.2, 0.25) is 0 Å². The average Bonchev–Trinajstić information content (AvgIpc) is 2.69. The molecule has 3 nitrogen and oxygen atoms in total. The summed E-state index contributed by atoms with van der Waals surface area (Å²) in [7, 11) is 0. The van der Waals surface area contributed by atoms with Crippen molar-refractivity contribution >= 4 is 5.82 Å². The minimum atomic E-state index is -0.260. The number of nitrogens with zero attached hydrogens (tertiary/aromatic N) is 2. The van der Waals surface area contributed by atoms with Crippen molar-refractivity contribution in [3.05, 3.63) is 36.1 Å². The second kappa shape index (κ2) is 4.68. The van der Waals surface area contributed by atoms with Crippen molar-refractivity contribution in [1.82, 2.24) is 9.78 Å². The number of anilines is 1. The van der Waals surface area contributed by atoms with Crippen LogP contribution in [-0.4, -0.2) is 9.78 Å². The Morgan fingerprint density at radius 3 is 2.79 bits per heavy atom. The van der Waals surface area contributed by atoms with E-state index in [0.29, 0.717) is 23.0 Å². The maximum Gasteiger partial charge on any atom is 0.132 e. The van der Waals surface area contributed by atoms with Crippen LogP contribution in [0.1, 0.15) is 19.8 Å². The van der Waals surface area contributed by atoms with E-state index in [1.807, 2.05) is 0 Å². The molecular weight excluding hydrogens is 241 g/mol. The van der Waals surface area contributed by atoms with Gasteiger partial charge in [-0.2, -0.15) is 5.10 Å². The van der Waals surface area contributed by atoms with Crippen molar-refractivity contribution in [1.29, 1.82) is 0 Å². The van der Waals surface area contributed by atoms with Crippen molar-refractivity contribution < 1.29 is 4.39 Å². The third-order valence-electron chi connectivity index (χ3n) is 3.86. The molecule has 2 N–H and O–H groups in total. The predicted molar refractivity (Wildman–Crippen MR) is 73.9 cm³/mol. The van der Waals surface area contributed by atoms with Crippen LogP contribution in [0.5, 0.6) is 0 Å². The van der Waals surface area contributed by atoms with Crippen molar-refractivity contribution in [2.45, 2.75) is 26.3 Å². The van der Waals surface area contributed by atoms with Crippen LogP contribution in [0, 0.1) is 17.7 Å². The third-order valence-corrected chi connectivity index (χ3v) is 3.86. The summed E-state index contributed by atoms with van der Waals surface area (Å²) in [5.41, 5.74) is 7.09. The maximum atomic E-state index is 13.7. The van der Waals surface area contributed by atoms with Gasteiger partial charge in [-0.3, -0.25) is 0 Å². The van der Waals surface area contributed by atoms with E-state index in [1.165, 1.54) is 18.9 Å². The quantitative estimate of drug-likeness (QED) is 0.919. The molecule has 0 bridgehead atoms. The lowest BCUT2D eigenvalue weighted by Crippen LogP contribution is -2.26. The summed E-state index contributed by atoms with van der Waals surface area (Å²) in [4.78, 5) is 0. The first-order chi connectivity index (χ1) is 9.13. The molecule has 1 heterocycles. The molecule has 0 unspecified atom stereocenters. The highest BCUT2D eigenvalue weighted by Crippen LogP contribution is 2.35. The highest BCUT2D eigenvalue weighted by molar-refractivity contribution is 5.62. The number of halogens is 1. The minimum Gasteiger partial charge on any atom is -0.384 e. The molecule has 4 heteroatoms. The van der Waals surface area contributed by atoms with Crippen LogP contribution in [0.3, 0.4) is 0 Å². The molecule has 1 saturated carbocycles. The number of nitrogen functional groups attached to an aromatic ring is 1. The molecule has 1 fully saturated rings. The molecule has 0 spiro atoms. The van der Waals surface area contributed by atoms with Gasteiger partial charge in [-0.1, -0.05) is 19.1 Å². The monoisotopic (exact) mass is 259 g/mol. The van der Waals surface area contributed by atoms with Crippen molar-refractivity contribution in [2.24, 2.45) is 11.8 Å². The molecule has 2 aromatic rings. The lowest BCUT2D eigenvalue weighted by atomic mass is 9.76. The fourth-order valence-corrected chi connectivity index (χ4v) is 2.84. The first-order valence-corrected chi connectivity index (χ1v) is 6.71. The molecule has 0 radical (unpaired) electrons. The van der Waals surface area contributed by atoms with Gasteiger partial charge in [0, 0.05) is 18.2 Å². The molecule has 0 aliphatic heterocycles. The van der Waals surface area contributed by atoms with E-state index in [9.17, 15) is 4.39 Å². The Morgan fingerprint density at radius 1 is 1.37 bits per heavy atom. The zero-order chi connectivity index (χ0) is 13.4. The Morgan fingerprint density at radius 2 is 2.11 bits per heavy atom. The van der Waals surface area contributed by atoms with Crippen LogP contribution >= 0.6 is 0 Å². The summed E-state index contributed by atoms with van der Waals surface area (Å²) in [6, 6.07) is 8.40. The normalized spacial score (nSPS) is 22.2. The van der Waals surface area contributed by atoms with Crippen LogP contribution in [0.4, 0.5) is 10.2 Å². The summed E-state index contributed by atoms with van der Waals surface area (Å²) in [5, 5.41) is 4.44. The van der Waals surface area contributed by atoms with Gasteiger partial charge in [0.25, 0.3) is 0 Å². The number of benzene rings is 1. The molecule has 100 valence electrons. The maximum absolute atomic E-state index is 13.7. The molecule has 1 aromatic carbocycles. The Hall–Kier alpha value is -1.84. The molecule has 1 aromatic heterocycles. The number of hydrogen-bond donors (Lipinski definition) is 1. The molecule has 3 rings (SSSR count). The average molecular weight is 259 g/mol. The van der Waals surface area contributed by atoms with Crippen molar-refractivity contribution in [3.63, 3.8) is 0 Å². The van der Waals surface area contributed by atoms with Gasteiger partial charge in [0.2, 0.25) is 0 Å². The lowest BCUT2D eigenvalue weighted by molar-refractivity contribution is 0.183. The zero-order valence-corrected chi connectivity index (χ0v) is 11.0. The lowest BCUT2D eigenvalue weighted by Gasteiger charge is -2.32. The Balaban J connectivity index is 1.83. The SMILES string of the molecule is CC1CC(Cn2nc(-c3ccccc3F)cc2N)C1. The highest BCUT2D eigenvalue weighted by atomic mass is 19.1. The number of rotatable bonds is 3. The molecular formula is C15H18FN3. The topological polar surface area (TPSA) is 43.8 Å². The molecule has 0 atom stereocenters. The summed E-state index contributed by atoms with van der Waals surface area (Å²) < 4.78 is 15.5. The second-order valence-corrected chi connectivity index (χ2v) is 5.56. The Bertz CT molecular complexity index is 585. The minimum absolute atomic E-state index is 0.260. The standard InChI is InChI=1S/C15H18FN3/c1-10-6-11(7-10)9-19-15(17)8-14(18-19)12-4-2-3-5-13(12)16/h2-5,8,10-11H,6-7,9,17H2,1H3. The molecule has 19 heavy (non-hydrogen) atoms. The van der Waals surface area contributed by atoms with E-state index < -0.39 is 0 Å². The van der Waals surface area contributed by atoms with Gasteiger partial charge >= 0.3 is 0 Å². The number of aromatic nitrogens is 2. The Kier molecular flexibility index (Phi) is 3.01. The molecule has 1 aliphatic carbocycles. The fourth-order valence-electron chi connectivity index (χ4n) is 2.84. The third kappa shape index (κ3) is 2.35. The van der Waals surface area contributed by atoms with E-state index in [4.69, 9.17) is 5.73 Å². The number of nitrogens with two attached hydrogens (primary N) is 1. The summed E-state index contributed by atoms with van der Waals surface area (Å²) >= 11 is 0. The first-order valence-electron chi connectivity index (χ1n) is 6.71. The van der Waals surface area contributed by atoms with Gasteiger partial charge in [0.15, 0.2) is 0 Å². The van der Waals surface area contributed by atoms with Crippen molar-refractivity contribution in [2.75, 3.05) is 5.73 Å². The summed E-state index contributed by atoms with van der Waals surface area (Å²) in [5.74, 6) is 1.82. The van der Waals surface area contributed by atoms with Gasteiger partial charge in [-0.25, -0.2) is 9.07 Å². The molecule has 1 aliphatic rings. The van der Waals surface area contributed by atoms with Gasteiger partial charge < -0.3 is 5.73 Å². The number of hydrogen-bond acceptors (Lipinski definition) is 2. The highest BCUT2D eigenvalue weighted by Gasteiger charge is 2.26. The van der Waals surface area contributed by atoms with E-state index in [2.05, 4.69) is 12.0 Å². The van der Waals surface area contributed by atoms with Crippen molar-refractivity contribution in [3.8, 4) is 11.3 Å². The summed E-state index contributed by atoms with van der Waals surface area (Å²) in [6.07, 6.45) is 2.46. The van der Waals surface area contributed by atoms with Crippen LogP contribution < -0.4 is 5.73 Å². The summed E-state index contributed by atoms with van der Waals surface area (Å²) in [6.45, 7) is 3.10. The van der Waals surface area contributed by atoms with E-state index in [-0.39, 0.29) is 5.82 Å². The molecule has 0 amide bonds. The fraction of sp³-hybridized carbons (Fsp3) is 0.400. The zero-order valence-electron chi connectivity index (χ0n) is 11.0. The van der Waals surface area contributed by atoms with Gasteiger partial charge in [-0.05, 0) is 36.8 Å². The largest absolute Gasteiger partial charge is 0.384 e. The van der Waals surface area contributed by atoms with E-state index in [0.717, 1.165) is 12.5 Å². The predicted octanol–water partition coefficient (Wildman–Crippen LogP) is 3.32. The van der Waals surface area contributed by atoms with Gasteiger partial charge in [0.05, 0.1) is 5.69 Å². The van der Waals surface area contributed by atoms with Crippen LogP contribution in [0.25, 0.3) is 11.3 Å². The Labute approximate surface area is 112 Å². The van der Waals surface area contributed by atoms with Crippen LogP contribution in [0.15, 0.2) is 30.3 Å². The van der Waals surface area contributed by atoms with E-state index in [1.54, 1.807) is 28.9 Å². The van der Waals surface area contributed by atoms with E-state index >= 15 is 0 Å². The van der Waals surface area contributed by atoms with Crippen LogP contribution in [-0.2, 0) is 6.54 Å². The van der Waals surface area contributed by atoms with Gasteiger partial charge in [-0.15, -0.1) is 0 Å². The second-order valence-electron chi connectivity index (χ2n) is 5.56. The molecule has 0 saturated heterocycles. The first kappa shape index (κ1) is 12.2. The smallest absolute Gasteiger partial charge is 0.132 e.